The Balaban J connectivity index is 1.97. The molecule has 2 aromatic carbocycles. The highest BCUT2D eigenvalue weighted by Crippen LogP contribution is 2.48. The second-order valence-corrected chi connectivity index (χ2v) is 10.1. The molecule has 1 heterocycles. The maximum atomic E-state index is 15.0. The van der Waals surface area contributed by atoms with Crippen molar-refractivity contribution in [3.05, 3.63) is 77.6 Å². The number of aromatic hydroxyl groups is 1. The number of phenolic OH excluding ortho intramolecular Hbond substituents is 1. The molecule has 4 N–H and O–H groups in total. The number of phenols is 1. The number of aliphatic hydroxyl groups is 1. The normalized spacial score (nSPS) is 19.2. The van der Waals surface area contributed by atoms with E-state index < -0.39 is 59.6 Å². The molecule has 0 radical (unpaired) electrons. The SMILES string of the molecule is C=CCNC(=O)C1N(C(=O)[C@@H](O)C(Cc2cccc(F)c2)NC(=O)c2cccc(O)c2C)CC(F)(F)C1(C)C. The Labute approximate surface area is 224 Å². The molecule has 0 saturated carbocycles. The highest BCUT2D eigenvalue weighted by Gasteiger charge is 2.64. The quantitative estimate of drug-likeness (QED) is 0.360. The van der Waals surface area contributed by atoms with E-state index >= 15 is 8.78 Å². The van der Waals surface area contributed by atoms with Gasteiger partial charge in [-0.3, -0.25) is 14.4 Å². The second-order valence-electron chi connectivity index (χ2n) is 10.1. The minimum atomic E-state index is -3.47. The van der Waals surface area contributed by atoms with Crippen molar-refractivity contribution in [3.63, 3.8) is 0 Å². The maximum absolute atomic E-state index is 15.0. The summed E-state index contributed by atoms with van der Waals surface area (Å²) in [5, 5.41) is 26.1. The van der Waals surface area contributed by atoms with E-state index in [-0.39, 0.29) is 29.8 Å². The summed E-state index contributed by atoms with van der Waals surface area (Å²) in [6, 6.07) is 6.45. The summed E-state index contributed by atoms with van der Waals surface area (Å²) < 4.78 is 43.9. The molecule has 1 saturated heterocycles. The van der Waals surface area contributed by atoms with Crippen LogP contribution in [0.3, 0.4) is 0 Å². The molecule has 210 valence electrons. The molecule has 2 unspecified atom stereocenters. The lowest BCUT2D eigenvalue weighted by Gasteiger charge is -2.34. The van der Waals surface area contributed by atoms with Gasteiger partial charge in [-0.2, -0.15) is 0 Å². The van der Waals surface area contributed by atoms with Crippen molar-refractivity contribution in [3.8, 4) is 5.75 Å². The van der Waals surface area contributed by atoms with Gasteiger partial charge < -0.3 is 25.7 Å². The third kappa shape index (κ3) is 6.08. The molecule has 1 aliphatic heterocycles. The fourth-order valence-electron chi connectivity index (χ4n) is 4.66. The number of amides is 3. The first-order chi connectivity index (χ1) is 18.2. The van der Waals surface area contributed by atoms with E-state index in [4.69, 9.17) is 0 Å². The molecule has 1 aliphatic rings. The molecule has 1 fully saturated rings. The minimum Gasteiger partial charge on any atom is -0.508 e. The fraction of sp³-hybridized carbons (Fsp3) is 0.393. The van der Waals surface area contributed by atoms with Crippen molar-refractivity contribution in [2.24, 2.45) is 5.41 Å². The van der Waals surface area contributed by atoms with Gasteiger partial charge in [0, 0.05) is 17.7 Å². The number of nitrogens with zero attached hydrogens (tertiary/aromatic N) is 1. The predicted octanol–water partition coefficient (Wildman–Crippen LogP) is 2.72. The lowest BCUT2D eigenvalue weighted by molar-refractivity contribution is -0.148. The van der Waals surface area contributed by atoms with Gasteiger partial charge in [-0.25, -0.2) is 13.2 Å². The number of hydrogen-bond acceptors (Lipinski definition) is 5. The molecule has 0 spiro atoms. The molecular formula is C28H32F3N3O5. The van der Waals surface area contributed by atoms with Gasteiger partial charge >= 0.3 is 0 Å². The average molecular weight is 548 g/mol. The lowest BCUT2D eigenvalue weighted by Crippen LogP contribution is -2.57. The first-order valence-electron chi connectivity index (χ1n) is 12.3. The number of halogens is 3. The van der Waals surface area contributed by atoms with Crippen LogP contribution in [0, 0.1) is 18.2 Å². The summed E-state index contributed by atoms with van der Waals surface area (Å²) in [7, 11) is 0. The Kier molecular flexibility index (Phi) is 8.74. The van der Waals surface area contributed by atoms with Gasteiger partial charge in [-0.15, -0.1) is 6.58 Å². The molecule has 3 amide bonds. The number of nitrogens with one attached hydrogen (secondary N) is 2. The summed E-state index contributed by atoms with van der Waals surface area (Å²) in [6.07, 6.45) is -0.962. The Hall–Kier alpha value is -3.86. The number of rotatable bonds is 9. The number of aliphatic hydroxyl groups excluding tert-OH is 1. The van der Waals surface area contributed by atoms with Crippen molar-refractivity contribution >= 4 is 17.7 Å². The van der Waals surface area contributed by atoms with Crippen molar-refractivity contribution < 1.29 is 37.8 Å². The molecular weight excluding hydrogens is 515 g/mol. The summed E-state index contributed by atoms with van der Waals surface area (Å²) in [6.45, 7) is 6.12. The first-order valence-corrected chi connectivity index (χ1v) is 12.3. The summed E-state index contributed by atoms with van der Waals surface area (Å²) in [5.41, 5.74) is -1.38. The molecule has 8 nitrogen and oxygen atoms in total. The Morgan fingerprint density at radius 2 is 1.87 bits per heavy atom. The molecule has 2 aromatic rings. The third-order valence-electron chi connectivity index (χ3n) is 7.10. The predicted molar refractivity (Wildman–Crippen MR) is 138 cm³/mol. The van der Waals surface area contributed by atoms with Gasteiger partial charge in [-0.05, 0) is 43.2 Å². The largest absolute Gasteiger partial charge is 0.508 e. The maximum Gasteiger partial charge on any atom is 0.272 e. The molecule has 11 heteroatoms. The van der Waals surface area contributed by atoms with Crippen molar-refractivity contribution in [1.29, 1.82) is 0 Å². The Morgan fingerprint density at radius 1 is 1.21 bits per heavy atom. The molecule has 0 bridgehead atoms. The van der Waals surface area contributed by atoms with E-state index in [1.165, 1.54) is 49.4 Å². The van der Waals surface area contributed by atoms with Crippen molar-refractivity contribution in [2.45, 2.75) is 51.3 Å². The van der Waals surface area contributed by atoms with Crippen LogP contribution < -0.4 is 10.6 Å². The van der Waals surface area contributed by atoms with E-state index in [2.05, 4.69) is 17.2 Å². The van der Waals surface area contributed by atoms with E-state index in [0.29, 0.717) is 10.5 Å². The van der Waals surface area contributed by atoms with Gasteiger partial charge in [-0.1, -0.05) is 38.1 Å². The fourth-order valence-corrected chi connectivity index (χ4v) is 4.66. The smallest absolute Gasteiger partial charge is 0.272 e. The zero-order valence-electron chi connectivity index (χ0n) is 21.9. The van der Waals surface area contributed by atoms with Crippen LogP contribution in [0.1, 0.15) is 35.3 Å². The molecule has 0 aromatic heterocycles. The number of benzene rings is 2. The van der Waals surface area contributed by atoms with Gasteiger partial charge in [0.1, 0.15) is 17.6 Å². The van der Waals surface area contributed by atoms with Crippen LogP contribution in [0.4, 0.5) is 13.2 Å². The van der Waals surface area contributed by atoms with Gasteiger partial charge in [0.15, 0.2) is 6.10 Å². The summed E-state index contributed by atoms with van der Waals surface area (Å²) >= 11 is 0. The van der Waals surface area contributed by atoms with Crippen molar-refractivity contribution in [1.82, 2.24) is 15.5 Å². The Morgan fingerprint density at radius 3 is 2.51 bits per heavy atom. The zero-order valence-corrected chi connectivity index (χ0v) is 21.9. The highest BCUT2D eigenvalue weighted by atomic mass is 19.3. The summed E-state index contributed by atoms with van der Waals surface area (Å²) in [5.74, 6) is -7.03. The monoisotopic (exact) mass is 547 g/mol. The van der Waals surface area contributed by atoms with E-state index in [1.54, 1.807) is 0 Å². The van der Waals surface area contributed by atoms with Crippen LogP contribution in [0.2, 0.25) is 0 Å². The molecule has 39 heavy (non-hydrogen) atoms. The number of carbonyl (C=O) groups excluding carboxylic acids is 3. The number of hydrogen-bond donors (Lipinski definition) is 4. The van der Waals surface area contributed by atoms with Crippen LogP contribution in [0.15, 0.2) is 55.1 Å². The van der Waals surface area contributed by atoms with Gasteiger partial charge in [0.25, 0.3) is 17.7 Å². The van der Waals surface area contributed by atoms with Crippen LogP contribution in [0.5, 0.6) is 5.75 Å². The lowest BCUT2D eigenvalue weighted by atomic mass is 9.81. The van der Waals surface area contributed by atoms with Crippen LogP contribution >= 0.6 is 0 Å². The van der Waals surface area contributed by atoms with Crippen LogP contribution in [-0.2, 0) is 16.0 Å². The standard InChI is InChI=1S/C28H32F3N3O5/c1-5-12-32-25(38)23-27(3,4)28(30,31)15-34(23)26(39)22(36)20(14-17-8-6-9-18(29)13-17)33-24(37)19-10-7-11-21(35)16(19)2/h5-11,13,20,22-23,35-36H,1,12,14-15H2,2-4H3,(H,32,38)(H,33,37)/t20?,22-,23?/m0/s1. The molecule has 3 atom stereocenters. The summed E-state index contributed by atoms with van der Waals surface area (Å²) in [4.78, 5) is 40.1. The minimum absolute atomic E-state index is 0.0247. The van der Waals surface area contributed by atoms with Crippen LogP contribution in [-0.4, -0.2) is 70.0 Å². The van der Waals surface area contributed by atoms with E-state index in [1.807, 2.05) is 0 Å². The van der Waals surface area contributed by atoms with Crippen LogP contribution in [0.25, 0.3) is 0 Å². The average Bonchev–Trinajstić information content (AvgIpc) is 3.06. The molecule has 0 aliphatic carbocycles. The van der Waals surface area contributed by atoms with Gasteiger partial charge in [0.2, 0.25) is 5.91 Å². The second kappa shape index (κ2) is 11.5. The first kappa shape index (κ1) is 29.7. The molecule has 3 rings (SSSR count). The zero-order chi connectivity index (χ0) is 29.1. The highest BCUT2D eigenvalue weighted by molar-refractivity contribution is 5.97. The topological polar surface area (TPSA) is 119 Å². The van der Waals surface area contributed by atoms with Crippen molar-refractivity contribution in [2.75, 3.05) is 13.1 Å². The third-order valence-corrected chi connectivity index (χ3v) is 7.10. The number of alkyl halides is 2. The van der Waals surface area contributed by atoms with E-state index in [9.17, 15) is 29.0 Å². The Bertz CT molecular complexity index is 1270. The number of carbonyl (C=O) groups is 3. The number of likely N-dealkylation sites (tertiary alicyclic amines) is 1. The van der Waals surface area contributed by atoms with Gasteiger partial charge in [0.05, 0.1) is 18.0 Å². The van der Waals surface area contributed by atoms with E-state index in [0.717, 1.165) is 19.9 Å².